The second kappa shape index (κ2) is 10.0. The lowest BCUT2D eigenvalue weighted by atomic mass is 10.2. The number of nitrogens with one attached hydrogen (secondary N) is 3. The maximum atomic E-state index is 12.1. The normalized spacial score (nSPS) is 14.6. The molecular weight excluding hydrogens is 361 g/mol. The molecule has 0 heterocycles. The number of aliphatic imine (C=N–C) groups is 1. The number of hydrogen-bond acceptors (Lipinski definition) is 3. The van der Waals surface area contributed by atoms with Gasteiger partial charge >= 0.3 is 6.18 Å². The van der Waals surface area contributed by atoms with Crippen LogP contribution in [0, 0.1) is 5.92 Å². The SMILES string of the molecule is CCNC(=NCc1ccc(OCC(F)(F)F)cc1)NCCNC(=O)C1CC1. The number of halogens is 3. The first kappa shape index (κ1) is 20.9. The molecule has 0 atom stereocenters. The molecule has 0 unspecified atom stereocenters. The van der Waals surface area contributed by atoms with E-state index in [0.717, 1.165) is 18.4 Å². The molecule has 0 aromatic heterocycles. The maximum Gasteiger partial charge on any atom is 0.422 e. The molecule has 1 aromatic rings. The van der Waals surface area contributed by atoms with Crippen LogP contribution in [0.4, 0.5) is 13.2 Å². The van der Waals surface area contributed by atoms with Gasteiger partial charge in [-0.2, -0.15) is 13.2 Å². The summed E-state index contributed by atoms with van der Waals surface area (Å²) in [5.41, 5.74) is 0.841. The summed E-state index contributed by atoms with van der Waals surface area (Å²) in [5.74, 6) is 1.06. The summed E-state index contributed by atoms with van der Waals surface area (Å²) < 4.78 is 41.1. The van der Waals surface area contributed by atoms with Gasteiger partial charge in [-0.25, -0.2) is 4.99 Å². The van der Waals surface area contributed by atoms with Gasteiger partial charge in [-0.3, -0.25) is 4.79 Å². The molecule has 27 heavy (non-hydrogen) atoms. The monoisotopic (exact) mass is 386 g/mol. The van der Waals surface area contributed by atoms with Gasteiger partial charge in [0.15, 0.2) is 12.6 Å². The van der Waals surface area contributed by atoms with Crippen molar-refractivity contribution in [3.8, 4) is 5.75 Å². The molecule has 0 saturated heterocycles. The third-order valence-electron chi connectivity index (χ3n) is 3.75. The van der Waals surface area contributed by atoms with Gasteiger partial charge in [0.1, 0.15) is 5.75 Å². The average Bonchev–Trinajstić information content (AvgIpc) is 3.46. The Morgan fingerprint density at radius 3 is 2.41 bits per heavy atom. The van der Waals surface area contributed by atoms with Crippen LogP contribution >= 0.6 is 0 Å². The lowest BCUT2D eigenvalue weighted by molar-refractivity contribution is -0.153. The zero-order valence-corrected chi connectivity index (χ0v) is 15.2. The van der Waals surface area contributed by atoms with E-state index < -0.39 is 12.8 Å². The van der Waals surface area contributed by atoms with Gasteiger partial charge in [-0.05, 0) is 37.5 Å². The largest absolute Gasteiger partial charge is 0.484 e. The fourth-order valence-electron chi connectivity index (χ4n) is 2.22. The Morgan fingerprint density at radius 2 is 1.81 bits per heavy atom. The standard InChI is InChI=1S/C18H25F3N4O2/c1-2-22-17(24-10-9-23-16(26)14-5-6-14)25-11-13-3-7-15(8-4-13)27-12-18(19,20)21/h3-4,7-8,14H,2,5-6,9-12H2,1H3,(H,23,26)(H2,22,24,25). The molecular formula is C18H25F3N4O2. The number of alkyl halides is 3. The average molecular weight is 386 g/mol. The number of nitrogens with zero attached hydrogens (tertiary/aromatic N) is 1. The highest BCUT2D eigenvalue weighted by atomic mass is 19.4. The topological polar surface area (TPSA) is 74.8 Å². The van der Waals surface area contributed by atoms with Gasteiger partial charge in [0.05, 0.1) is 6.54 Å². The third-order valence-corrected chi connectivity index (χ3v) is 3.75. The van der Waals surface area contributed by atoms with Gasteiger partial charge in [0.2, 0.25) is 5.91 Å². The summed E-state index contributed by atoms with van der Waals surface area (Å²) in [6, 6.07) is 6.33. The smallest absolute Gasteiger partial charge is 0.422 e. The van der Waals surface area contributed by atoms with Crippen LogP contribution in [0.2, 0.25) is 0 Å². The van der Waals surface area contributed by atoms with Gasteiger partial charge < -0.3 is 20.7 Å². The quantitative estimate of drug-likeness (QED) is 0.346. The summed E-state index contributed by atoms with van der Waals surface area (Å²) in [7, 11) is 0. The van der Waals surface area contributed by atoms with Gasteiger partial charge in [-0.1, -0.05) is 12.1 Å². The van der Waals surface area contributed by atoms with E-state index in [1.54, 1.807) is 12.1 Å². The lowest BCUT2D eigenvalue weighted by Crippen LogP contribution is -2.41. The van der Waals surface area contributed by atoms with E-state index in [2.05, 4.69) is 25.7 Å². The number of carbonyl (C=O) groups excluding carboxylic acids is 1. The molecule has 9 heteroatoms. The molecule has 0 radical (unpaired) electrons. The van der Waals surface area contributed by atoms with E-state index >= 15 is 0 Å². The van der Waals surface area contributed by atoms with E-state index in [1.165, 1.54) is 12.1 Å². The first-order valence-corrected chi connectivity index (χ1v) is 8.96. The lowest BCUT2D eigenvalue weighted by Gasteiger charge is -2.12. The molecule has 6 nitrogen and oxygen atoms in total. The molecule has 0 aliphatic heterocycles. The van der Waals surface area contributed by atoms with Crippen molar-refractivity contribution in [3.05, 3.63) is 29.8 Å². The summed E-state index contributed by atoms with van der Waals surface area (Å²) in [6.45, 7) is 2.75. The Hall–Kier alpha value is -2.45. The fraction of sp³-hybridized carbons (Fsp3) is 0.556. The van der Waals surface area contributed by atoms with Crippen LogP contribution in [0.25, 0.3) is 0 Å². The first-order valence-electron chi connectivity index (χ1n) is 8.96. The summed E-state index contributed by atoms with van der Waals surface area (Å²) in [4.78, 5) is 16.0. The van der Waals surface area contributed by atoms with E-state index in [1.807, 2.05) is 6.92 Å². The summed E-state index contributed by atoms with van der Waals surface area (Å²) in [6.07, 6.45) is -2.40. The highest BCUT2D eigenvalue weighted by Crippen LogP contribution is 2.28. The summed E-state index contributed by atoms with van der Waals surface area (Å²) >= 11 is 0. The molecule has 2 rings (SSSR count). The molecule has 1 aliphatic carbocycles. The number of ether oxygens (including phenoxy) is 1. The Balaban J connectivity index is 1.76. The molecule has 150 valence electrons. The zero-order chi connectivity index (χ0) is 19.7. The fourth-order valence-corrected chi connectivity index (χ4v) is 2.22. The Labute approximate surface area is 156 Å². The highest BCUT2D eigenvalue weighted by molar-refractivity contribution is 5.81. The number of guanidine groups is 1. The summed E-state index contributed by atoms with van der Waals surface area (Å²) in [5, 5.41) is 9.10. The van der Waals surface area contributed by atoms with Crippen LogP contribution in [0.1, 0.15) is 25.3 Å². The molecule has 1 fully saturated rings. The first-order chi connectivity index (χ1) is 12.9. The van der Waals surface area contributed by atoms with Crippen molar-refractivity contribution in [2.24, 2.45) is 10.9 Å². The Bertz CT molecular complexity index is 628. The molecule has 1 amide bonds. The number of hydrogen-bond donors (Lipinski definition) is 3. The molecule has 1 aliphatic rings. The maximum absolute atomic E-state index is 12.1. The number of carbonyl (C=O) groups is 1. The van der Waals surface area contributed by atoms with Gasteiger partial charge in [0.25, 0.3) is 0 Å². The zero-order valence-electron chi connectivity index (χ0n) is 15.2. The number of benzene rings is 1. The molecule has 0 bridgehead atoms. The predicted molar refractivity (Wildman–Crippen MR) is 96.5 cm³/mol. The Kier molecular flexibility index (Phi) is 7.75. The van der Waals surface area contributed by atoms with E-state index in [9.17, 15) is 18.0 Å². The molecule has 0 spiro atoms. The van der Waals surface area contributed by atoms with Crippen molar-refractivity contribution in [2.75, 3.05) is 26.2 Å². The minimum Gasteiger partial charge on any atom is -0.484 e. The van der Waals surface area contributed by atoms with Gasteiger partial charge in [0, 0.05) is 25.6 Å². The second-order valence-corrected chi connectivity index (χ2v) is 6.24. The van der Waals surface area contributed by atoms with E-state index in [-0.39, 0.29) is 17.6 Å². The van der Waals surface area contributed by atoms with Crippen LogP contribution in [0.3, 0.4) is 0 Å². The molecule has 3 N–H and O–H groups in total. The van der Waals surface area contributed by atoms with Crippen molar-refractivity contribution in [1.82, 2.24) is 16.0 Å². The third kappa shape index (κ3) is 8.65. The van der Waals surface area contributed by atoms with E-state index in [4.69, 9.17) is 0 Å². The van der Waals surface area contributed by atoms with Gasteiger partial charge in [-0.15, -0.1) is 0 Å². The minimum absolute atomic E-state index is 0.103. The van der Waals surface area contributed by atoms with Crippen molar-refractivity contribution < 1.29 is 22.7 Å². The van der Waals surface area contributed by atoms with E-state index in [0.29, 0.717) is 32.1 Å². The number of amides is 1. The van der Waals surface area contributed by atoms with Crippen LogP contribution in [-0.2, 0) is 11.3 Å². The minimum atomic E-state index is -4.35. The second-order valence-electron chi connectivity index (χ2n) is 6.24. The van der Waals surface area contributed by atoms with Crippen molar-refractivity contribution in [3.63, 3.8) is 0 Å². The Morgan fingerprint density at radius 1 is 1.15 bits per heavy atom. The number of rotatable bonds is 9. The molecule has 1 saturated carbocycles. The molecule has 1 aromatic carbocycles. The van der Waals surface area contributed by atoms with Crippen molar-refractivity contribution >= 4 is 11.9 Å². The van der Waals surface area contributed by atoms with Crippen LogP contribution in [-0.4, -0.2) is 44.3 Å². The van der Waals surface area contributed by atoms with Crippen LogP contribution < -0.4 is 20.7 Å². The van der Waals surface area contributed by atoms with Crippen LogP contribution in [0.15, 0.2) is 29.3 Å². The predicted octanol–water partition coefficient (Wildman–Crippen LogP) is 2.21. The van der Waals surface area contributed by atoms with Crippen molar-refractivity contribution in [2.45, 2.75) is 32.5 Å². The highest BCUT2D eigenvalue weighted by Gasteiger charge is 2.29. The van der Waals surface area contributed by atoms with Crippen molar-refractivity contribution in [1.29, 1.82) is 0 Å². The van der Waals surface area contributed by atoms with Crippen LogP contribution in [0.5, 0.6) is 5.75 Å².